The van der Waals surface area contributed by atoms with E-state index in [-0.39, 0.29) is 12.5 Å². The molecule has 1 aliphatic rings. The van der Waals surface area contributed by atoms with Crippen molar-refractivity contribution in [3.8, 4) is 0 Å². The van der Waals surface area contributed by atoms with E-state index >= 15 is 0 Å². The van der Waals surface area contributed by atoms with Crippen molar-refractivity contribution in [3.63, 3.8) is 0 Å². The molecule has 1 heterocycles. The maximum Gasteiger partial charge on any atom is 0.220 e. The van der Waals surface area contributed by atoms with Crippen molar-refractivity contribution in [3.05, 3.63) is 36.5 Å². The van der Waals surface area contributed by atoms with E-state index in [0.717, 1.165) is 44.9 Å². The van der Waals surface area contributed by atoms with Gasteiger partial charge in [0.25, 0.3) is 0 Å². The lowest BCUT2D eigenvalue weighted by Gasteiger charge is -2.40. The summed E-state index contributed by atoms with van der Waals surface area (Å²) in [4.78, 5) is 13.0. The highest BCUT2D eigenvalue weighted by Gasteiger charge is 2.44. The van der Waals surface area contributed by atoms with Gasteiger partial charge in [-0.15, -0.1) is 0 Å². The molecule has 1 saturated heterocycles. The molecule has 1 aliphatic heterocycles. The molecule has 0 aromatic carbocycles. The summed E-state index contributed by atoms with van der Waals surface area (Å²) in [6, 6.07) is -0.825. The van der Waals surface area contributed by atoms with E-state index in [1.54, 1.807) is 6.08 Å². The van der Waals surface area contributed by atoms with Crippen LogP contribution in [0.25, 0.3) is 0 Å². The van der Waals surface area contributed by atoms with Crippen molar-refractivity contribution in [2.75, 3.05) is 13.2 Å². The molecule has 1 rings (SSSR count). The van der Waals surface area contributed by atoms with Crippen molar-refractivity contribution in [1.82, 2.24) is 5.32 Å². The molecule has 1 fully saturated rings. The number of aliphatic hydroxyl groups excluding tert-OH is 5. The van der Waals surface area contributed by atoms with Crippen LogP contribution in [-0.2, 0) is 14.3 Å². The zero-order valence-corrected chi connectivity index (χ0v) is 42.3. The first-order chi connectivity index (χ1) is 31.8. The van der Waals surface area contributed by atoms with Crippen LogP contribution >= 0.6 is 0 Å². The average molecular weight is 920 g/mol. The Bertz CT molecular complexity index is 1110. The van der Waals surface area contributed by atoms with Gasteiger partial charge in [-0.1, -0.05) is 243 Å². The Hall–Kier alpha value is -1.59. The molecule has 9 nitrogen and oxygen atoms in total. The van der Waals surface area contributed by atoms with Crippen LogP contribution < -0.4 is 5.32 Å². The molecule has 7 unspecified atom stereocenters. The lowest BCUT2D eigenvalue weighted by atomic mass is 9.99. The van der Waals surface area contributed by atoms with Crippen molar-refractivity contribution in [2.45, 2.75) is 301 Å². The monoisotopic (exact) mass is 920 g/mol. The summed E-state index contributed by atoms with van der Waals surface area (Å²) in [6.45, 7) is 3.78. The van der Waals surface area contributed by atoms with E-state index in [4.69, 9.17) is 9.47 Å². The molecule has 0 aromatic heterocycles. The van der Waals surface area contributed by atoms with E-state index in [1.165, 1.54) is 193 Å². The van der Waals surface area contributed by atoms with Gasteiger partial charge in [-0.05, 0) is 44.9 Å². The molecule has 0 bridgehead atoms. The minimum atomic E-state index is -1.57. The number of carbonyl (C=O) groups is 1. The third-order valence-corrected chi connectivity index (χ3v) is 13.2. The largest absolute Gasteiger partial charge is 0.394 e. The predicted octanol–water partition coefficient (Wildman–Crippen LogP) is 13.2. The number of nitrogens with one attached hydrogen (secondary N) is 1. The Morgan fingerprint density at radius 2 is 0.877 bits per heavy atom. The Morgan fingerprint density at radius 3 is 1.29 bits per heavy atom. The number of carbonyl (C=O) groups excluding carboxylic acids is 1. The second kappa shape index (κ2) is 46.2. The molecule has 6 N–H and O–H groups in total. The van der Waals surface area contributed by atoms with E-state index in [2.05, 4.69) is 43.5 Å². The summed E-state index contributed by atoms with van der Waals surface area (Å²) in [5.41, 5.74) is 0. The quantitative estimate of drug-likeness (QED) is 0.0261. The Labute approximate surface area is 400 Å². The normalized spacial score (nSPS) is 20.1. The van der Waals surface area contributed by atoms with Crippen LogP contribution in [0.3, 0.4) is 0 Å². The van der Waals surface area contributed by atoms with Gasteiger partial charge in [0.1, 0.15) is 24.4 Å². The topological polar surface area (TPSA) is 149 Å². The fraction of sp³-hybridized carbons (Fsp3) is 0.875. The van der Waals surface area contributed by atoms with Gasteiger partial charge in [0.15, 0.2) is 6.29 Å². The molecule has 0 radical (unpaired) electrons. The summed E-state index contributed by atoms with van der Waals surface area (Å²) in [5, 5.41) is 54.4. The first-order valence-corrected chi connectivity index (χ1v) is 27.7. The van der Waals surface area contributed by atoms with Crippen LogP contribution in [0.5, 0.6) is 0 Å². The molecule has 9 heteroatoms. The molecule has 382 valence electrons. The lowest BCUT2D eigenvalue weighted by molar-refractivity contribution is -0.302. The van der Waals surface area contributed by atoms with E-state index in [0.29, 0.717) is 6.42 Å². The highest BCUT2D eigenvalue weighted by molar-refractivity contribution is 5.76. The Kier molecular flexibility index (Phi) is 43.6. The van der Waals surface area contributed by atoms with Crippen molar-refractivity contribution in [1.29, 1.82) is 0 Å². The number of rotatable bonds is 47. The number of hydrogen-bond donors (Lipinski definition) is 6. The fourth-order valence-electron chi connectivity index (χ4n) is 8.78. The number of hydrogen-bond acceptors (Lipinski definition) is 8. The van der Waals surface area contributed by atoms with Crippen molar-refractivity contribution in [2.24, 2.45) is 0 Å². The molecular weight excluding hydrogens is 815 g/mol. The molecule has 1 amide bonds. The molecule has 0 aliphatic carbocycles. The van der Waals surface area contributed by atoms with Crippen LogP contribution in [0.4, 0.5) is 0 Å². The van der Waals surface area contributed by atoms with Crippen LogP contribution in [-0.4, -0.2) is 87.5 Å². The van der Waals surface area contributed by atoms with E-state index < -0.39 is 49.5 Å². The zero-order chi connectivity index (χ0) is 47.3. The predicted molar refractivity (Wildman–Crippen MR) is 272 cm³/mol. The van der Waals surface area contributed by atoms with Gasteiger partial charge in [-0.3, -0.25) is 4.79 Å². The maximum absolute atomic E-state index is 13.0. The lowest BCUT2D eigenvalue weighted by Crippen LogP contribution is -2.60. The highest BCUT2D eigenvalue weighted by Crippen LogP contribution is 2.23. The van der Waals surface area contributed by atoms with Crippen LogP contribution in [0.15, 0.2) is 36.5 Å². The van der Waals surface area contributed by atoms with Crippen LogP contribution in [0, 0.1) is 0 Å². The summed E-state index contributed by atoms with van der Waals surface area (Å²) < 4.78 is 11.2. The molecule has 0 spiro atoms. The SMILES string of the molecule is CCCCCCCCCC/C=C/CC/C=C/CC/C=C/C(O)C(COC1OC(CO)C(O)C(O)C1O)NC(=O)CCCCCCCCCCCCCCCCCCCCCCCCCC. The average Bonchev–Trinajstić information content (AvgIpc) is 3.31. The Balaban J connectivity index is 2.26. The standard InChI is InChI=1S/C56H105NO8/c1-3-5-7-9-11-13-15-17-19-21-23-24-25-26-27-28-30-32-34-36-38-40-42-44-46-52(60)57-49(48-64-56-55(63)54(62)53(61)51(47-58)65-56)50(59)45-43-41-39-37-35-33-31-29-22-20-18-16-14-12-10-8-6-4-2/h22,29,35,37,43,45,49-51,53-56,58-59,61-63H,3-21,23-28,30-34,36,38-42,44,46-48H2,1-2H3,(H,57,60)/b29-22+,37-35+,45-43+. The van der Waals surface area contributed by atoms with Gasteiger partial charge < -0.3 is 40.3 Å². The highest BCUT2D eigenvalue weighted by atomic mass is 16.7. The first kappa shape index (κ1) is 61.4. The number of allylic oxidation sites excluding steroid dienone is 5. The van der Waals surface area contributed by atoms with Crippen LogP contribution in [0.2, 0.25) is 0 Å². The summed E-state index contributed by atoms with van der Waals surface area (Å²) in [5.74, 6) is -0.187. The second-order valence-corrected chi connectivity index (χ2v) is 19.4. The zero-order valence-electron chi connectivity index (χ0n) is 42.3. The summed E-state index contributed by atoms with van der Waals surface area (Å²) in [7, 11) is 0. The van der Waals surface area contributed by atoms with Crippen molar-refractivity contribution < 1.29 is 39.8 Å². The van der Waals surface area contributed by atoms with Crippen LogP contribution in [0.1, 0.15) is 258 Å². The summed E-state index contributed by atoms with van der Waals surface area (Å²) in [6.07, 6.45) is 52.1. The third kappa shape index (κ3) is 36.1. The number of unbranched alkanes of at least 4 members (excludes halogenated alkanes) is 33. The van der Waals surface area contributed by atoms with Gasteiger partial charge in [-0.2, -0.15) is 0 Å². The second-order valence-electron chi connectivity index (χ2n) is 19.4. The van der Waals surface area contributed by atoms with Gasteiger partial charge in [0.2, 0.25) is 5.91 Å². The van der Waals surface area contributed by atoms with E-state index in [1.807, 2.05) is 6.08 Å². The maximum atomic E-state index is 13.0. The number of amides is 1. The Morgan fingerprint density at radius 1 is 0.508 bits per heavy atom. The molecular formula is C56H105NO8. The first-order valence-electron chi connectivity index (χ1n) is 27.7. The molecule has 65 heavy (non-hydrogen) atoms. The third-order valence-electron chi connectivity index (χ3n) is 13.2. The van der Waals surface area contributed by atoms with E-state index in [9.17, 15) is 30.3 Å². The van der Waals surface area contributed by atoms with Gasteiger partial charge in [-0.25, -0.2) is 0 Å². The van der Waals surface area contributed by atoms with Gasteiger partial charge >= 0.3 is 0 Å². The minimum Gasteiger partial charge on any atom is -0.394 e. The van der Waals surface area contributed by atoms with Crippen molar-refractivity contribution >= 4 is 5.91 Å². The smallest absolute Gasteiger partial charge is 0.220 e. The van der Waals surface area contributed by atoms with Gasteiger partial charge in [0, 0.05) is 6.42 Å². The number of ether oxygens (including phenoxy) is 2. The minimum absolute atomic E-state index is 0.187. The fourth-order valence-corrected chi connectivity index (χ4v) is 8.78. The molecule has 7 atom stereocenters. The summed E-state index contributed by atoms with van der Waals surface area (Å²) >= 11 is 0. The molecule has 0 saturated carbocycles. The van der Waals surface area contributed by atoms with Gasteiger partial charge in [0.05, 0.1) is 25.4 Å². The molecule has 0 aromatic rings. The number of aliphatic hydroxyl groups is 5.